The summed E-state index contributed by atoms with van der Waals surface area (Å²) in [6, 6.07) is 5.36. The van der Waals surface area contributed by atoms with Crippen LogP contribution in [0.15, 0.2) is 24.3 Å². The topological polar surface area (TPSA) is 66.4 Å². The molecule has 1 fully saturated rings. The van der Waals surface area contributed by atoms with Crippen molar-refractivity contribution in [2.75, 3.05) is 6.54 Å². The number of aliphatic carboxylic acids is 1. The molecule has 1 aliphatic rings. The standard InChI is InChI=1S/C16H19NO3/c1-11-8-13(4-5-15(18)19)10-14(9-11)16(20)17-7-6-12-2-3-12/h4-5,8-10,12H,2-3,6-7H2,1H3,(H,17,20)(H,18,19)/b5-4+. The number of hydrogen-bond acceptors (Lipinski definition) is 2. The van der Waals surface area contributed by atoms with E-state index in [0.29, 0.717) is 12.1 Å². The third kappa shape index (κ3) is 4.53. The smallest absolute Gasteiger partial charge is 0.328 e. The molecule has 1 aromatic rings. The number of carbonyl (C=O) groups excluding carboxylic acids is 1. The summed E-state index contributed by atoms with van der Waals surface area (Å²) < 4.78 is 0. The molecule has 0 spiro atoms. The molecule has 0 aliphatic heterocycles. The number of rotatable bonds is 6. The first kappa shape index (κ1) is 14.3. The minimum atomic E-state index is -0.998. The maximum absolute atomic E-state index is 12.0. The van der Waals surface area contributed by atoms with Crippen LogP contribution in [0.2, 0.25) is 0 Å². The Balaban J connectivity index is 2.01. The Bertz CT molecular complexity index is 545. The summed E-state index contributed by atoms with van der Waals surface area (Å²) in [5, 5.41) is 11.5. The maximum Gasteiger partial charge on any atom is 0.328 e. The second kappa shape index (κ2) is 6.37. The Kier molecular flexibility index (Phi) is 4.56. The van der Waals surface area contributed by atoms with Crippen molar-refractivity contribution < 1.29 is 14.7 Å². The van der Waals surface area contributed by atoms with E-state index in [1.165, 1.54) is 18.9 Å². The fourth-order valence-corrected chi connectivity index (χ4v) is 2.11. The first-order chi connectivity index (χ1) is 9.54. The number of nitrogens with one attached hydrogen (secondary N) is 1. The van der Waals surface area contributed by atoms with Gasteiger partial charge in [-0.1, -0.05) is 18.9 Å². The van der Waals surface area contributed by atoms with Gasteiger partial charge in [0.25, 0.3) is 5.91 Å². The molecule has 0 unspecified atom stereocenters. The van der Waals surface area contributed by atoms with Crippen molar-refractivity contribution in [2.45, 2.75) is 26.2 Å². The molecule has 2 rings (SSSR count). The third-order valence-corrected chi connectivity index (χ3v) is 3.32. The lowest BCUT2D eigenvalue weighted by molar-refractivity contribution is -0.131. The molecule has 1 aromatic carbocycles. The van der Waals surface area contributed by atoms with Crippen LogP contribution in [-0.4, -0.2) is 23.5 Å². The van der Waals surface area contributed by atoms with E-state index in [2.05, 4.69) is 5.32 Å². The van der Waals surface area contributed by atoms with Gasteiger partial charge >= 0.3 is 5.97 Å². The van der Waals surface area contributed by atoms with E-state index in [-0.39, 0.29) is 5.91 Å². The van der Waals surface area contributed by atoms with Gasteiger partial charge in [0.15, 0.2) is 0 Å². The van der Waals surface area contributed by atoms with E-state index in [1.807, 2.05) is 19.1 Å². The van der Waals surface area contributed by atoms with Gasteiger partial charge in [0.2, 0.25) is 0 Å². The van der Waals surface area contributed by atoms with Gasteiger partial charge in [0.1, 0.15) is 0 Å². The lowest BCUT2D eigenvalue weighted by Crippen LogP contribution is -2.24. The summed E-state index contributed by atoms with van der Waals surface area (Å²) in [7, 11) is 0. The van der Waals surface area contributed by atoms with Gasteiger partial charge in [0.05, 0.1) is 0 Å². The highest BCUT2D eigenvalue weighted by atomic mass is 16.4. The minimum absolute atomic E-state index is 0.0978. The van der Waals surface area contributed by atoms with Gasteiger partial charge in [-0.15, -0.1) is 0 Å². The predicted molar refractivity (Wildman–Crippen MR) is 77.5 cm³/mol. The van der Waals surface area contributed by atoms with Gasteiger partial charge in [0, 0.05) is 18.2 Å². The van der Waals surface area contributed by atoms with Crippen LogP contribution in [0, 0.1) is 12.8 Å². The zero-order valence-electron chi connectivity index (χ0n) is 11.6. The first-order valence-corrected chi connectivity index (χ1v) is 6.85. The molecule has 1 amide bonds. The van der Waals surface area contributed by atoms with Crippen molar-refractivity contribution in [1.29, 1.82) is 0 Å². The molecule has 1 saturated carbocycles. The predicted octanol–water partition coefficient (Wildman–Crippen LogP) is 2.62. The monoisotopic (exact) mass is 273 g/mol. The average molecular weight is 273 g/mol. The molecule has 106 valence electrons. The van der Waals surface area contributed by atoms with Crippen LogP contribution in [0.25, 0.3) is 6.08 Å². The van der Waals surface area contributed by atoms with Crippen molar-refractivity contribution >= 4 is 18.0 Å². The van der Waals surface area contributed by atoms with E-state index in [0.717, 1.165) is 29.5 Å². The van der Waals surface area contributed by atoms with Gasteiger partial charge < -0.3 is 10.4 Å². The quantitative estimate of drug-likeness (QED) is 0.783. The van der Waals surface area contributed by atoms with Crippen molar-refractivity contribution in [3.8, 4) is 0 Å². The summed E-state index contributed by atoms with van der Waals surface area (Å²) in [6.45, 7) is 2.59. The largest absolute Gasteiger partial charge is 0.478 e. The second-order valence-corrected chi connectivity index (χ2v) is 5.29. The van der Waals surface area contributed by atoms with Crippen molar-refractivity contribution in [3.05, 3.63) is 41.0 Å². The normalized spacial score (nSPS) is 14.4. The highest BCUT2D eigenvalue weighted by Crippen LogP contribution is 2.31. The average Bonchev–Trinajstić information content (AvgIpc) is 3.19. The number of carboxylic acids is 1. The molecule has 4 nitrogen and oxygen atoms in total. The first-order valence-electron chi connectivity index (χ1n) is 6.85. The molecular weight excluding hydrogens is 254 g/mol. The Morgan fingerprint density at radius 3 is 2.75 bits per heavy atom. The van der Waals surface area contributed by atoms with E-state index >= 15 is 0 Å². The number of carbonyl (C=O) groups is 2. The lowest BCUT2D eigenvalue weighted by Gasteiger charge is -2.07. The molecule has 0 aromatic heterocycles. The Morgan fingerprint density at radius 2 is 2.10 bits per heavy atom. The fraction of sp³-hybridized carbons (Fsp3) is 0.375. The molecule has 0 atom stereocenters. The Labute approximate surface area is 118 Å². The molecule has 0 saturated heterocycles. The highest BCUT2D eigenvalue weighted by Gasteiger charge is 2.20. The number of carboxylic acid groups (broad SMARTS) is 1. The summed E-state index contributed by atoms with van der Waals surface area (Å²) in [5.74, 6) is -0.303. The van der Waals surface area contributed by atoms with E-state index < -0.39 is 5.97 Å². The summed E-state index contributed by atoms with van der Waals surface area (Å²) in [6.07, 6.45) is 6.18. The molecule has 0 bridgehead atoms. The molecular formula is C16H19NO3. The molecule has 0 radical (unpaired) electrons. The molecule has 1 aliphatic carbocycles. The molecule has 20 heavy (non-hydrogen) atoms. The second-order valence-electron chi connectivity index (χ2n) is 5.29. The fourth-order valence-electron chi connectivity index (χ4n) is 2.11. The van der Waals surface area contributed by atoms with Crippen LogP contribution in [0.4, 0.5) is 0 Å². The van der Waals surface area contributed by atoms with Gasteiger partial charge in [-0.3, -0.25) is 4.79 Å². The minimum Gasteiger partial charge on any atom is -0.478 e. The van der Waals surface area contributed by atoms with Crippen LogP contribution in [0.1, 0.15) is 40.7 Å². The van der Waals surface area contributed by atoms with E-state index in [9.17, 15) is 9.59 Å². The van der Waals surface area contributed by atoms with Crippen molar-refractivity contribution in [2.24, 2.45) is 5.92 Å². The van der Waals surface area contributed by atoms with Crippen LogP contribution in [0.3, 0.4) is 0 Å². The zero-order chi connectivity index (χ0) is 14.5. The SMILES string of the molecule is Cc1cc(/C=C/C(=O)O)cc(C(=O)NCCC2CC2)c1. The molecule has 4 heteroatoms. The highest BCUT2D eigenvalue weighted by molar-refractivity contribution is 5.95. The van der Waals surface area contributed by atoms with Gasteiger partial charge in [-0.2, -0.15) is 0 Å². The zero-order valence-corrected chi connectivity index (χ0v) is 11.6. The van der Waals surface area contributed by atoms with Crippen molar-refractivity contribution in [3.63, 3.8) is 0 Å². The number of hydrogen-bond donors (Lipinski definition) is 2. The van der Waals surface area contributed by atoms with Crippen LogP contribution >= 0.6 is 0 Å². The van der Waals surface area contributed by atoms with Crippen LogP contribution < -0.4 is 5.32 Å². The number of aryl methyl sites for hydroxylation is 1. The van der Waals surface area contributed by atoms with Gasteiger partial charge in [-0.05, 0) is 48.6 Å². The summed E-state index contributed by atoms with van der Waals surface area (Å²) >= 11 is 0. The summed E-state index contributed by atoms with van der Waals surface area (Å²) in [4.78, 5) is 22.6. The number of amides is 1. The van der Waals surface area contributed by atoms with Gasteiger partial charge in [-0.25, -0.2) is 4.79 Å². The maximum atomic E-state index is 12.0. The molecule has 0 heterocycles. The Morgan fingerprint density at radius 1 is 1.35 bits per heavy atom. The number of benzene rings is 1. The lowest BCUT2D eigenvalue weighted by atomic mass is 10.1. The van der Waals surface area contributed by atoms with Crippen LogP contribution in [-0.2, 0) is 4.79 Å². The summed E-state index contributed by atoms with van der Waals surface area (Å²) in [5.41, 5.74) is 2.23. The van der Waals surface area contributed by atoms with Crippen molar-refractivity contribution in [1.82, 2.24) is 5.32 Å². The molecule has 2 N–H and O–H groups in total. The Hall–Kier alpha value is -2.10. The van der Waals surface area contributed by atoms with E-state index in [4.69, 9.17) is 5.11 Å². The third-order valence-electron chi connectivity index (χ3n) is 3.32. The van der Waals surface area contributed by atoms with Crippen LogP contribution in [0.5, 0.6) is 0 Å². The van der Waals surface area contributed by atoms with E-state index in [1.54, 1.807) is 6.07 Å².